The molecule has 0 saturated carbocycles. The summed E-state index contributed by atoms with van der Waals surface area (Å²) >= 11 is 3.34. The van der Waals surface area contributed by atoms with Gasteiger partial charge in [0, 0.05) is 18.0 Å². The monoisotopic (exact) mass is 329 g/mol. The highest BCUT2D eigenvalue weighted by molar-refractivity contribution is 9.09. The molecule has 0 atom stereocenters. The fourth-order valence-corrected chi connectivity index (χ4v) is 2.52. The van der Waals surface area contributed by atoms with Crippen molar-refractivity contribution in [1.29, 1.82) is 0 Å². The van der Waals surface area contributed by atoms with Gasteiger partial charge in [-0.1, -0.05) is 21.1 Å². The Bertz CT molecular complexity index is 635. The van der Waals surface area contributed by atoms with Crippen LogP contribution in [0.15, 0.2) is 35.4 Å². The van der Waals surface area contributed by atoms with E-state index in [1.807, 2.05) is 6.20 Å². The third-order valence-corrected chi connectivity index (χ3v) is 3.95. The molecular formula is C11H12BrN3O2S. The summed E-state index contributed by atoms with van der Waals surface area (Å²) in [6.45, 7) is 0. The van der Waals surface area contributed by atoms with Crippen LogP contribution in [0.4, 0.5) is 0 Å². The van der Waals surface area contributed by atoms with Crippen molar-refractivity contribution in [2.45, 2.75) is 11.3 Å². The van der Waals surface area contributed by atoms with Gasteiger partial charge in [-0.2, -0.15) is 0 Å². The summed E-state index contributed by atoms with van der Waals surface area (Å²) in [5, 5.41) is 8.84. The minimum atomic E-state index is -3.16. The molecule has 0 radical (unpaired) electrons. The van der Waals surface area contributed by atoms with E-state index in [1.165, 1.54) is 6.26 Å². The largest absolute Gasteiger partial charge is 0.224 e. The summed E-state index contributed by atoms with van der Waals surface area (Å²) in [5.74, 6) is 0. The Kier molecular flexibility index (Phi) is 3.82. The number of nitrogens with zero attached hydrogens (tertiary/aromatic N) is 3. The van der Waals surface area contributed by atoms with Crippen LogP contribution in [0.3, 0.4) is 0 Å². The molecule has 18 heavy (non-hydrogen) atoms. The van der Waals surface area contributed by atoms with Crippen molar-refractivity contribution in [3.8, 4) is 5.69 Å². The Morgan fingerprint density at radius 1 is 1.28 bits per heavy atom. The van der Waals surface area contributed by atoms with E-state index in [9.17, 15) is 8.42 Å². The van der Waals surface area contributed by atoms with Crippen molar-refractivity contribution >= 4 is 25.8 Å². The first-order valence-corrected chi connectivity index (χ1v) is 8.29. The van der Waals surface area contributed by atoms with E-state index in [4.69, 9.17) is 0 Å². The normalized spacial score (nSPS) is 11.7. The minimum absolute atomic E-state index is 0.298. The van der Waals surface area contributed by atoms with Crippen LogP contribution in [0.2, 0.25) is 0 Å². The molecule has 0 bridgehead atoms. The zero-order valence-electron chi connectivity index (χ0n) is 9.75. The van der Waals surface area contributed by atoms with Gasteiger partial charge in [0.15, 0.2) is 9.84 Å². The molecule has 5 nitrogen and oxygen atoms in total. The second-order valence-corrected chi connectivity index (χ2v) is 6.67. The maximum Gasteiger partial charge on any atom is 0.175 e. The minimum Gasteiger partial charge on any atom is -0.224 e. The molecule has 0 spiro atoms. The quantitative estimate of drug-likeness (QED) is 0.799. The van der Waals surface area contributed by atoms with Crippen molar-refractivity contribution < 1.29 is 8.42 Å². The maximum atomic E-state index is 11.3. The van der Waals surface area contributed by atoms with E-state index in [-0.39, 0.29) is 0 Å². The molecule has 0 fully saturated rings. The predicted octanol–water partition coefficient (Wildman–Crippen LogP) is 1.61. The first-order valence-electron chi connectivity index (χ1n) is 5.28. The molecule has 0 aliphatic heterocycles. The van der Waals surface area contributed by atoms with Crippen molar-refractivity contribution in [2.75, 3.05) is 11.6 Å². The molecule has 1 heterocycles. The summed E-state index contributed by atoms with van der Waals surface area (Å²) < 4.78 is 24.3. The molecule has 0 aliphatic rings. The van der Waals surface area contributed by atoms with Crippen molar-refractivity contribution in [3.05, 3.63) is 36.2 Å². The van der Waals surface area contributed by atoms with Gasteiger partial charge < -0.3 is 0 Å². The average Bonchev–Trinajstić information content (AvgIpc) is 2.77. The number of aryl methyl sites for hydroxylation is 1. The van der Waals surface area contributed by atoms with Gasteiger partial charge in [0.05, 0.1) is 22.5 Å². The van der Waals surface area contributed by atoms with Gasteiger partial charge in [0.25, 0.3) is 0 Å². The topological polar surface area (TPSA) is 64.8 Å². The fourth-order valence-electron chi connectivity index (χ4n) is 1.48. The summed E-state index contributed by atoms with van der Waals surface area (Å²) in [7, 11) is -3.16. The lowest BCUT2D eigenvalue weighted by atomic mass is 10.3. The molecule has 96 valence electrons. The van der Waals surface area contributed by atoms with Gasteiger partial charge in [0.2, 0.25) is 0 Å². The SMILES string of the molecule is CS(=O)(=O)c1ccc(-n2cc(CCBr)nn2)cc1. The first-order chi connectivity index (χ1) is 8.50. The number of benzene rings is 1. The molecule has 1 aromatic heterocycles. The van der Waals surface area contributed by atoms with E-state index in [2.05, 4.69) is 26.2 Å². The van der Waals surface area contributed by atoms with E-state index >= 15 is 0 Å². The Morgan fingerprint density at radius 2 is 1.94 bits per heavy atom. The lowest BCUT2D eigenvalue weighted by Crippen LogP contribution is -1.99. The van der Waals surface area contributed by atoms with Gasteiger partial charge in [-0.15, -0.1) is 5.10 Å². The van der Waals surface area contributed by atoms with Crippen LogP contribution in [0.1, 0.15) is 5.69 Å². The van der Waals surface area contributed by atoms with Crippen LogP contribution >= 0.6 is 15.9 Å². The molecule has 7 heteroatoms. The van der Waals surface area contributed by atoms with Crippen molar-refractivity contribution in [3.63, 3.8) is 0 Å². The lowest BCUT2D eigenvalue weighted by Gasteiger charge is -2.01. The highest BCUT2D eigenvalue weighted by atomic mass is 79.9. The summed E-state index contributed by atoms with van der Waals surface area (Å²) in [5.41, 5.74) is 1.68. The standard InChI is InChI=1S/C11H12BrN3O2S/c1-18(16,17)11-4-2-10(3-5-11)15-8-9(6-7-12)13-14-15/h2-5,8H,6-7H2,1H3. The molecular weight excluding hydrogens is 318 g/mol. The van der Waals surface area contributed by atoms with Gasteiger partial charge in [0.1, 0.15) is 0 Å². The van der Waals surface area contributed by atoms with Crippen LogP contribution in [-0.4, -0.2) is 35.0 Å². The number of alkyl halides is 1. The molecule has 2 rings (SSSR count). The third kappa shape index (κ3) is 2.97. The van der Waals surface area contributed by atoms with Gasteiger partial charge in [-0.25, -0.2) is 13.1 Å². The second kappa shape index (κ2) is 5.19. The van der Waals surface area contributed by atoms with Crippen LogP contribution in [-0.2, 0) is 16.3 Å². The summed E-state index contributed by atoms with van der Waals surface area (Å²) in [4.78, 5) is 0.298. The van der Waals surface area contributed by atoms with Crippen LogP contribution in [0.5, 0.6) is 0 Å². The zero-order chi connectivity index (χ0) is 13.2. The van der Waals surface area contributed by atoms with E-state index in [0.717, 1.165) is 23.1 Å². The fraction of sp³-hybridized carbons (Fsp3) is 0.273. The number of sulfone groups is 1. The Morgan fingerprint density at radius 3 is 2.50 bits per heavy atom. The zero-order valence-corrected chi connectivity index (χ0v) is 12.1. The Balaban J connectivity index is 2.28. The molecule has 0 amide bonds. The smallest absolute Gasteiger partial charge is 0.175 e. The summed E-state index contributed by atoms with van der Waals surface area (Å²) in [6, 6.07) is 6.55. The van der Waals surface area contributed by atoms with Crippen LogP contribution in [0.25, 0.3) is 5.69 Å². The highest BCUT2D eigenvalue weighted by Gasteiger charge is 2.07. The third-order valence-electron chi connectivity index (χ3n) is 2.42. The predicted molar refractivity (Wildman–Crippen MR) is 72.0 cm³/mol. The number of hydrogen-bond donors (Lipinski definition) is 0. The maximum absolute atomic E-state index is 11.3. The van der Waals surface area contributed by atoms with E-state index < -0.39 is 9.84 Å². The molecule has 2 aromatic rings. The van der Waals surface area contributed by atoms with Gasteiger partial charge in [-0.05, 0) is 24.3 Å². The van der Waals surface area contributed by atoms with E-state index in [1.54, 1.807) is 28.9 Å². The lowest BCUT2D eigenvalue weighted by molar-refractivity contribution is 0.602. The number of halogens is 1. The Hall–Kier alpha value is -1.21. The molecule has 0 N–H and O–H groups in total. The summed E-state index contributed by atoms with van der Waals surface area (Å²) in [6.07, 6.45) is 3.82. The van der Waals surface area contributed by atoms with Crippen LogP contribution in [0, 0.1) is 0 Å². The molecule has 0 saturated heterocycles. The average molecular weight is 330 g/mol. The molecule has 1 aromatic carbocycles. The second-order valence-electron chi connectivity index (χ2n) is 3.86. The van der Waals surface area contributed by atoms with Gasteiger partial charge >= 0.3 is 0 Å². The number of aromatic nitrogens is 3. The van der Waals surface area contributed by atoms with Crippen LogP contribution < -0.4 is 0 Å². The van der Waals surface area contributed by atoms with Gasteiger partial charge in [-0.3, -0.25) is 0 Å². The highest BCUT2D eigenvalue weighted by Crippen LogP contribution is 2.13. The van der Waals surface area contributed by atoms with Crippen molar-refractivity contribution in [1.82, 2.24) is 15.0 Å². The number of hydrogen-bond acceptors (Lipinski definition) is 4. The molecule has 0 unspecified atom stereocenters. The van der Waals surface area contributed by atoms with E-state index in [0.29, 0.717) is 4.90 Å². The Labute approximate surface area is 114 Å². The first kappa shape index (κ1) is 13.2. The van der Waals surface area contributed by atoms with Crippen molar-refractivity contribution in [2.24, 2.45) is 0 Å². The molecule has 0 aliphatic carbocycles. The number of rotatable bonds is 4.